The number of allylic oxidation sites excluding steroid dienone is 4. The summed E-state index contributed by atoms with van der Waals surface area (Å²) in [7, 11) is 0. The number of nitrogens with two attached hydrogens (primary N) is 1. The van der Waals surface area contributed by atoms with Crippen LogP contribution in [-0.2, 0) is 18.5 Å². The van der Waals surface area contributed by atoms with Gasteiger partial charge in [-0.1, -0.05) is 66.3 Å². The fourth-order valence-electron chi connectivity index (χ4n) is 4.14. The zero-order valence-electron chi connectivity index (χ0n) is 14.9. The molecule has 2 aromatic carbocycles. The van der Waals surface area contributed by atoms with Gasteiger partial charge in [-0.15, -0.1) is 0 Å². The van der Waals surface area contributed by atoms with E-state index in [2.05, 4.69) is 6.07 Å². The number of nitrogens with zero attached hydrogens (tertiary/aromatic N) is 2. The maximum Gasteiger partial charge on any atom is 0.262 e. The molecule has 138 valence electrons. The van der Waals surface area contributed by atoms with Gasteiger partial charge in [0, 0.05) is 23.6 Å². The molecule has 6 heteroatoms. The number of aromatic nitrogens is 2. The second-order valence-corrected chi connectivity index (χ2v) is 7.98. The number of hydrogen-bond donors (Lipinski definition) is 1. The zero-order chi connectivity index (χ0) is 19.5. The van der Waals surface area contributed by atoms with Crippen molar-refractivity contribution in [3.63, 3.8) is 0 Å². The highest BCUT2D eigenvalue weighted by atomic mass is 35.5. The van der Waals surface area contributed by atoms with E-state index in [0.29, 0.717) is 34.7 Å². The smallest absolute Gasteiger partial charge is 0.262 e. The predicted octanol–water partition coefficient (Wildman–Crippen LogP) is 3.78. The van der Waals surface area contributed by atoms with Crippen LogP contribution in [0.5, 0.6) is 0 Å². The number of benzene rings is 2. The summed E-state index contributed by atoms with van der Waals surface area (Å²) in [6.45, 7) is 0.466. The molecule has 2 bridgehead atoms. The van der Waals surface area contributed by atoms with Gasteiger partial charge >= 0.3 is 0 Å². The Kier molecular flexibility index (Phi) is 3.88. The third-order valence-electron chi connectivity index (χ3n) is 5.44. The van der Waals surface area contributed by atoms with Gasteiger partial charge in [0.05, 0.1) is 15.8 Å². The Hall–Kier alpha value is -2.60. The molecule has 1 aliphatic heterocycles. The third-order valence-corrected chi connectivity index (χ3v) is 6.25. The number of fused-ring (bicyclic) bond motifs is 6. The molecule has 0 radical (unpaired) electrons. The van der Waals surface area contributed by atoms with Gasteiger partial charge in [0.1, 0.15) is 11.4 Å². The van der Waals surface area contributed by atoms with Gasteiger partial charge in [0.25, 0.3) is 5.56 Å². The molecule has 2 aliphatic rings. The molecule has 2 heterocycles. The first-order chi connectivity index (χ1) is 13.5. The minimum Gasteiger partial charge on any atom is -0.326 e. The van der Waals surface area contributed by atoms with Crippen molar-refractivity contribution in [1.82, 2.24) is 9.55 Å². The molecule has 0 fully saturated rings. The molecule has 3 aromatic rings. The first-order valence-electron chi connectivity index (χ1n) is 8.99. The molecule has 0 saturated heterocycles. The highest BCUT2D eigenvalue weighted by Gasteiger charge is 2.47. The summed E-state index contributed by atoms with van der Waals surface area (Å²) in [6, 6.07) is 13.3. The monoisotopic (exact) mass is 405 g/mol. The Labute approximate surface area is 172 Å². The van der Waals surface area contributed by atoms with Crippen LogP contribution in [0.4, 0.5) is 0 Å². The van der Waals surface area contributed by atoms with Crippen molar-refractivity contribution in [3.05, 3.63) is 93.0 Å². The minimum absolute atomic E-state index is 0.130. The van der Waals surface area contributed by atoms with Crippen molar-refractivity contribution in [2.45, 2.75) is 18.5 Å². The Morgan fingerprint density at radius 2 is 2.00 bits per heavy atom. The molecule has 0 spiro atoms. The first-order valence-corrected chi connectivity index (χ1v) is 9.77. The lowest BCUT2D eigenvalue weighted by Gasteiger charge is -2.29. The third kappa shape index (κ3) is 2.37. The Balaban J connectivity index is 1.78. The van der Waals surface area contributed by atoms with Crippen LogP contribution in [0.3, 0.4) is 0 Å². The molecule has 1 unspecified atom stereocenters. The topological polar surface area (TPSA) is 60.9 Å². The van der Waals surface area contributed by atoms with Crippen molar-refractivity contribution < 1.29 is 0 Å². The van der Waals surface area contributed by atoms with Crippen molar-refractivity contribution in [2.24, 2.45) is 5.73 Å². The highest BCUT2D eigenvalue weighted by molar-refractivity contribution is 7.81. The fraction of sp³-hybridized carbons (Fsp3) is 0.136. The van der Waals surface area contributed by atoms with E-state index in [0.717, 1.165) is 21.6 Å². The van der Waals surface area contributed by atoms with Gasteiger partial charge in [0.2, 0.25) is 0 Å². The lowest BCUT2D eigenvalue weighted by Crippen LogP contribution is -2.43. The van der Waals surface area contributed by atoms with Crippen molar-refractivity contribution in [3.8, 4) is 0 Å². The summed E-state index contributed by atoms with van der Waals surface area (Å²) in [4.78, 5) is 19.0. The van der Waals surface area contributed by atoms with Crippen LogP contribution >= 0.6 is 23.8 Å². The molecular formula is C22H16ClN3OS. The molecule has 1 aromatic heterocycles. The van der Waals surface area contributed by atoms with E-state index in [9.17, 15) is 4.79 Å². The summed E-state index contributed by atoms with van der Waals surface area (Å²) in [5.74, 6) is 0.616. The summed E-state index contributed by atoms with van der Waals surface area (Å²) in [5.41, 5.74) is 8.50. The maximum atomic E-state index is 13.5. The second-order valence-electron chi connectivity index (χ2n) is 7.13. The van der Waals surface area contributed by atoms with E-state index in [1.807, 2.05) is 36.4 Å². The van der Waals surface area contributed by atoms with Crippen LogP contribution in [0.15, 0.2) is 65.5 Å². The summed E-state index contributed by atoms with van der Waals surface area (Å²) in [6.07, 6.45) is 6.46. The van der Waals surface area contributed by atoms with E-state index in [1.165, 1.54) is 0 Å². The van der Waals surface area contributed by atoms with Crippen LogP contribution in [0.2, 0.25) is 5.02 Å². The van der Waals surface area contributed by atoms with Crippen LogP contribution in [0.1, 0.15) is 17.0 Å². The Morgan fingerprint density at radius 1 is 1.18 bits per heavy atom. The molecule has 0 amide bonds. The van der Waals surface area contributed by atoms with Crippen LogP contribution in [-0.4, -0.2) is 14.4 Å². The normalized spacial score (nSPS) is 19.8. The summed E-state index contributed by atoms with van der Waals surface area (Å²) >= 11 is 12.0. The number of rotatable bonds is 3. The minimum atomic E-state index is -0.747. The van der Waals surface area contributed by atoms with E-state index >= 15 is 0 Å². The molecule has 28 heavy (non-hydrogen) atoms. The van der Waals surface area contributed by atoms with Gasteiger partial charge in [-0.2, -0.15) is 0 Å². The van der Waals surface area contributed by atoms with Gasteiger partial charge in [0.15, 0.2) is 0 Å². The van der Waals surface area contributed by atoms with Crippen LogP contribution in [0, 0.1) is 0 Å². The van der Waals surface area contributed by atoms with Crippen molar-refractivity contribution in [2.75, 3.05) is 0 Å². The predicted molar refractivity (Wildman–Crippen MR) is 117 cm³/mol. The molecular weight excluding hydrogens is 390 g/mol. The van der Waals surface area contributed by atoms with Gasteiger partial charge < -0.3 is 5.73 Å². The molecule has 2 N–H and O–H groups in total. The molecule has 4 nitrogen and oxygen atoms in total. The van der Waals surface area contributed by atoms with Gasteiger partial charge in [-0.05, 0) is 29.3 Å². The lowest BCUT2D eigenvalue weighted by molar-refractivity contribution is 0.497. The SMILES string of the molecule is NCc1cccc(CC23C=CC=C(C2=S)c2nc4ccc(Cl)cc4c(=O)n23)c1. The second kappa shape index (κ2) is 6.21. The van der Waals surface area contributed by atoms with Crippen LogP contribution in [0.25, 0.3) is 16.5 Å². The molecule has 1 aliphatic carbocycles. The average Bonchev–Trinajstić information content (AvgIpc) is 2.82. The summed E-state index contributed by atoms with van der Waals surface area (Å²) < 4.78 is 1.73. The largest absolute Gasteiger partial charge is 0.326 e. The highest BCUT2D eigenvalue weighted by Crippen LogP contribution is 2.42. The first kappa shape index (κ1) is 17.5. The average molecular weight is 406 g/mol. The molecule has 1 atom stereocenters. The number of halogens is 1. The standard InChI is InChI=1S/C22H16ClN3OS/c23-15-6-7-18-17(10-15)21(27)26-20(25-18)16-5-2-8-22(26,19(16)28)11-13-3-1-4-14(9-13)12-24/h1-10H,11-12,24H2. The Bertz CT molecular complexity index is 1290. The van der Waals surface area contributed by atoms with Gasteiger partial charge in [-0.3, -0.25) is 9.36 Å². The lowest BCUT2D eigenvalue weighted by atomic mass is 9.84. The Morgan fingerprint density at radius 3 is 2.82 bits per heavy atom. The van der Waals surface area contributed by atoms with Crippen molar-refractivity contribution >= 4 is 45.2 Å². The maximum absolute atomic E-state index is 13.5. The molecule has 0 saturated carbocycles. The summed E-state index contributed by atoms with van der Waals surface area (Å²) in [5, 5.41) is 1.01. The quantitative estimate of drug-likeness (QED) is 0.673. The number of thiocarbonyl (C=S) groups is 1. The van der Waals surface area contributed by atoms with E-state index in [1.54, 1.807) is 22.8 Å². The van der Waals surface area contributed by atoms with Crippen LogP contribution < -0.4 is 11.3 Å². The van der Waals surface area contributed by atoms with E-state index in [-0.39, 0.29) is 5.56 Å². The van der Waals surface area contributed by atoms with E-state index in [4.69, 9.17) is 34.5 Å². The number of hydrogen-bond acceptors (Lipinski definition) is 4. The van der Waals surface area contributed by atoms with E-state index < -0.39 is 5.54 Å². The fourth-order valence-corrected chi connectivity index (χ4v) is 4.71. The van der Waals surface area contributed by atoms with Gasteiger partial charge in [-0.25, -0.2) is 4.98 Å². The zero-order valence-corrected chi connectivity index (χ0v) is 16.4. The molecule has 5 rings (SSSR count). The van der Waals surface area contributed by atoms with Crippen molar-refractivity contribution in [1.29, 1.82) is 0 Å².